The van der Waals surface area contributed by atoms with Crippen LogP contribution in [0.2, 0.25) is 0 Å². The lowest BCUT2D eigenvalue weighted by molar-refractivity contribution is -0.138. The highest BCUT2D eigenvalue weighted by Crippen LogP contribution is 2.40. The average molecular weight is 448 g/mol. The lowest BCUT2D eigenvalue weighted by atomic mass is 10.0. The highest BCUT2D eigenvalue weighted by Gasteiger charge is 2.40. The van der Waals surface area contributed by atoms with E-state index in [2.05, 4.69) is 9.97 Å². The number of rotatable bonds is 7. The molecule has 0 spiro atoms. The lowest BCUT2D eigenvalue weighted by Crippen LogP contribution is -2.47. The van der Waals surface area contributed by atoms with Crippen molar-refractivity contribution in [2.45, 2.75) is 38.0 Å². The van der Waals surface area contributed by atoms with Gasteiger partial charge >= 0.3 is 6.18 Å². The average Bonchev–Trinajstić information content (AvgIpc) is 3.49. The molecular formula is C22H27F3N6O. The van der Waals surface area contributed by atoms with Gasteiger partial charge in [0.25, 0.3) is 0 Å². The van der Waals surface area contributed by atoms with E-state index in [0.29, 0.717) is 54.7 Å². The molecule has 3 N–H and O–H groups in total. The van der Waals surface area contributed by atoms with E-state index in [1.807, 2.05) is 11.8 Å². The van der Waals surface area contributed by atoms with E-state index in [9.17, 15) is 13.2 Å². The Labute approximate surface area is 184 Å². The zero-order valence-electron chi connectivity index (χ0n) is 18.0. The minimum atomic E-state index is -4.14. The summed E-state index contributed by atoms with van der Waals surface area (Å²) >= 11 is 0. The quantitative estimate of drug-likeness (QED) is 0.498. The third-order valence-corrected chi connectivity index (χ3v) is 5.93. The van der Waals surface area contributed by atoms with Crippen LogP contribution in [0.4, 0.5) is 24.7 Å². The van der Waals surface area contributed by atoms with Gasteiger partial charge in [0, 0.05) is 50.0 Å². The molecule has 10 heteroatoms. The molecule has 2 fully saturated rings. The molecule has 172 valence electrons. The van der Waals surface area contributed by atoms with E-state index in [4.69, 9.17) is 15.9 Å². The number of aromatic nitrogens is 2. The van der Waals surface area contributed by atoms with Gasteiger partial charge in [-0.3, -0.25) is 10.3 Å². The standard InChI is InChI=1S/C22H27F3N6O/c1-21(4-5-21)32-15-2-3-17(26)16(12-15)20(27)18-13-19(29-14-28-18)31-10-8-30(9-11-31)7-6-22(23,24)25/h2-3,12-14,27H,4-11,26H2,1H3. The predicted octanol–water partition coefficient (Wildman–Crippen LogP) is 3.48. The Kier molecular flexibility index (Phi) is 5.98. The van der Waals surface area contributed by atoms with Crippen molar-refractivity contribution in [1.29, 1.82) is 5.41 Å². The van der Waals surface area contributed by atoms with Gasteiger partial charge in [0.2, 0.25) is 0 Å². The number of anilines is 2. The maximum absolute atomic E-state index is 12.5. The molecular weight excluding hydrogens is 421 g/mol. The summed E-state index contributed by atoms with van der Waals surface area (Å²) in [7, 11) is 0. The van der Waals surface area contributed by atoms with Crippen LogP contribution in [0.15, 0.2) is 30.6 Å². The fraction of sp³-hybridized carbons (Fsp3) is 0.500. The normalized spacial score (nSPS) is 18.4. The van der Waals surface area contributed by atoms with Crippen LogP contribution in [0, 0.1) is 5.41 Å². The maximum atomic E-state index is 12.5. The zero-order valence-corrected chi connectivity index (χ0v) is 18.0. The van der Waals surface area contributed by atoms with Crippen LogP contribution in [-0.4, -0.2) is 65.1 Å². The van der Waals surface area contributed by atoms with Crippen LogP contribution in [-0.2, 0) is 0 Å². The highest BCUT2D eigenvalue weighted by molar-refractivity contribution is 6.13. The van der Waals surface area contributed by atoms with E-state index in [-0.39, 0.29) is 17.9 Å². The van der Waals surface area contributed by atoms with Crippen molar-refractivity contribution < 1.29 is 17.9 Å². The molecule has 2 heterocycles. The van der Waals surface area contributed by atoms with Crippen molar-refractivity contribution in [3.8, 4) is 5.75 Å². The smallest absolute Gasteiger partial charge is 0.390 e. The number of nitrogens with two attached hydrogens (primary N) is 1. The Balaban J connectivity index is 1.43. The predicted molar refractivity (Wildman–Crippen MR) is 116 cm³/mol. The van der Waals surface area contributed by atoms with Gasteiger partial charge in [0.15, 0.2) is 0 Å². The van der Waals surface area contributed by atoms with Crippen molar-refractivity contribution in [1.82, 2.24) is 14.9 Å². The number of nitrogen functional groups attached to an aromatic ring is 1. The number of hydrogen-bond acceptors (Lipinski definition) is 7. The van der Waals surface area contributed by atoms with Crippen LogP contribution >= 0.6 is 0 Å². The van der Waals surface area contributed by atoms with Gasteiger partial charge in [-0.2, -0.15) is 13.2 Å². The molecule has 0 bridgehead atoms. The molecule has 2 aromatic rings. The number of hydrogen-bond donors (Lipinski definition) is 2. The van der Waals surface area contributed by atoms with Gasteiger partial charge in [-0.15, -0.1) is 0 Å². The van der Waals surface area contributed by atoms with Gasteiger partial charge < -0.3 is 15.4 Å². The third-order valence-electron chi connectivity index (χ3n) is 5.93. The molecule has 1 saturated carbocycles. The molecule has 1 aromatic carbocycles. The van der Waals surface area contributed by atoms with Gasteiger partial charge in [-0.25, -0.2) is 9.97 Å². The second-order valence-corrected chi connectivity index (χ2v) is 8.63. The van der Waals surface area contributed by atoms with E-state index in [1.165, 1.54) is 6.33 Å². The first-order chi connectivity index (χ1) is 15.1. The molecule has 32 heavy (non-hydrogen) atoms. The summed E-state index contributed by atoms with van der Waals surface area (Å²) in [4.78, 5) is 12.4. The minimum Gasteiger partial charge on any atom is -0.488 e. The second-order valence-electron chi connectivity index (χ2n) is 8.63. The first-order valence-corrected chi connectivity index (χ1v) is 10.7. The van der Waals surface area contributed by atoms with Crippen LogP contribution in [0.5, 0.6) is 5.75 Å². The first-order valence-electron chi connectivity index (χ1n) is 10.7. The molecule has 0 radical (unpaired) electrons. The van der Waals surface area contributed by atoms with Crippen LogP contribution in [0.1, 0.15) is 37.4 Å². The number of ether oxygens (including phenoxy) is 1. The monoisotopic (exact) mass is 448 g/mol. The summed E-state index contributed by atoms with van der Waals surface area (Å²) in [6.45, 7) is 4.23. The van der Waals surface area contributed by atoms with Gasteiger partial charge in [-0.05, 0) is 38.0 Å². The number of nitrogens with one attached hydrogen (secondary N) is 1. The summed E-state index contributed by atoms with van der Waals surface area (Å²) in [5.41, 5.74) is 7.58. The summed E-state index contributed by atoms with van der Waals surface area (Å²) in [5.74, 6) is 1.31. The van der Waals surface area contributed by atoms with E-state index < -0.39 is 12.6 Å². The largest absolute Gasteiger partial charge is 0.488 e. The van der Waals surface area contributed by atoms with Gasteiger partial charge in [0.05, 0.1) is 17.8 Å². The fourth-order valence-electron chi connectivity index (χ4n) is 3.66. The van der Waals surface area contributed by atoms with E-state index >= 15 is 0 Å². The third kappa shape index (κ3) is 5.48. The van der Waals surface area contributed by atoms with Crippen LogP contribution in [0.3, 0.4) is 0 Å². The number of nitrogens with zero attached hydrogens (tertiary/aromatic N) is 4. The van der Waals surface area contributed by atoms with Crippen LogP contribution < -0.4 is 15.4 Å². The zero-order chi connectivity index (χ0) is 22.9. The van der Waals surface area contributed by atoms with Crippen molar-refractivity contribution in [3.63, 3.8) is 0 Å². The molecule has 4 rings (SSSR count). The van der Waals surface area contributed by atoms with Crippen molar-refractivity contribution >= 4 is 17.2 Å². The topological polar surface area (TPSA) is 91.4 Å². The molecule has 1 aliphatic carbocycles. The van der Waals surface area contributed by atoms with E-state index in [0.717, 1.165) is 12.8 Å². The molecule has 1 saturated heterocycles. The number of piperazine rings is 1. The highest BCUT2D eigenvalue weighted by atomic mass is 19.4. The Morgan fingerprint density at radius 1 is 1.16 bits per heavy atom. The minimum absolute atomic E-state index is 0.00768. The SMILES string of the molecule is CC1(Oc2ccc(N)c(C(=N)c3cc(N4CCN(CCC(F)(F)F)CC4)ncn3)c2)CC1. The summed E-state index contributed by atoms with van der Waals surface area (Å²) in [6, 6.07) is 7.03. The summed E-state index contributed by atoms with van der Waals surface area (Å²) < 4.78 is 43.4. The second kappa shape index (κ2) is 8.57. The van der Waals surface area contributed by atoms with Crippen molar-refractivity contribution in [2.24, 2.45) is 0 Å². The van der Waals surface area contributed by atoms with Crippen molar-refractivity contribution in [3.05, 3.63) is 41.9 Å². The summed E-state index contributed by atoms with van der Waals surface area (Å²) in [5, 5.41) is 8.65. The molecule has 1 aromatic heterocycles. The first kappa shape index (κ1) is 22.3. The lowest BCUT2D eigenvalue weighted by Gasteiger charge is -2.35. The molecule has 0 atom stereocenters. The van der Waals surface area contributed by atoms with E-state index in [1.54, 1.807) is 29.2 Å². The Morgan fingerprint density at radius 2 is 1.88 bits per heavy atom. The Bertz CT molecular complexity index is 984. The fourth-order valence-corrected chi connectivity index (χ4v) is 3.66. The number of alkyl halides is 3. The van der Waals surface area contributed by atoms with Gasteiger partial charge in [0.1, 0.15) is 23.5 Å². The molecule has 7 nitrogen and oxygen atoms in total. The Hall–Kier alpha value is -2.88. The summed E-state index contributed by atoms with van der Waals surface area (Å²) in [6.07, 6.45) is -1.53. The Morgan fingerprint density at radius 3 is 2.53 bits per heavy atom. The van der Waals surface area contributed by atoms with Crippen molar-refractivity contribution in [2.75, 3.05) is 43.4 Å². The maximum Gasteiger partial charge on any atom is 0.390 e. The molecule has 2 aliphatic rings. The molecule has 0 amide bonds. The van der Waals surface area contributed by atoms with Crippen LogP contribution in [0.25, 0.3) is 0 Å². The van der Waals surface area contributed by atoms with Gasteiger partial charge in [-0.1, -0.05) is 0 Å². The number of halogens is 3. The molecule has 0 unspecified atom stereocenters. The number of benzene rings is 1. The molecule has 1 aliphatic heterocycles.